The lowest BCUT2D eigenvalue weighted by atomic mass is 10.0. The average molecular weight is 443 g/mol. The molecule has 1 aromatic carbocycles. The van der Waals surface area contributed by atoms with Gasteiger partial charge in [0.15, 0.2) is 0 Å². The van der Waals surface area contributed by atoms with Crippen molar-refractivity contribution in [1.82, 2.24) is 9.88 Å². The molecule has 2 aliphatic rings. The maximum Gasteiger partial charge on any atom is 0.259 e. The van der Waals surface area contributed by atoms with Crippen LogP contribution >= 0.6 is 0 Å². The van der Waals surface area contributed by atoms with E-state index in [4.69, 9.17) is 10.5 Å². The first kappa shape index (κ1) is 21.3. The summed E-state index contributed by atoms with van der Waals surface area (Å²) in [7, 11) is -3.61. The van der Waals surface area contributed by atoms with E-state index in [-0.39, 0.29) is 23.5 Å². The Morgan fingerprint density at radius 3 is 2.71 bits per heavy atom. The van der Waals surface area contributed by atoms with Crippen molar-refractivity contribution >= 4 is 21.8 Å². The van der Waals surface area contributed by atoms with Crippen LogP contribution in [0.4, 0.5) is 0 Å². The molecule has 0 bridgehead atoms. The molecule has 4 rings (SSSR count). The number of carbonyl (C=O) groups excluding carboxylic acids is 1. The van der Waals surface area contributed by atoms with E-state index in [0.29, 0.717) is 35.6 Å². The number of aryl methyl sites for hydroxylation is 2. The highest BCUT2D eigenvalue weighted by Crippen LogP contribution is 2.29. The Labute approximate surface area is 182 Å². The lowest BCUT2D eigenvalue weighted by Gasteiger charge is -2.36. The number of piperidine rings is 1. The molecule has 0 saturated carbocycles. The van der Waals surface area contributed by atoms with E-state index < -0.39 is 10.0 Å². The molecule has 0 aliphatic carbocycles. The van der Waals surface area contributed by atoms with Crippen LogP contribution in [0.15, 0.2) is 34.7 Å². The van der Waals surface area contributed by atoms with E-state index in [2.05, 4.69) is 9.38 Å². The highest BCUT2D eigenvalue weighted by Gasteiger charge is 2.30. The Hall–Kier alpha value is -2.94. The maximum atomic E-state index is 13.2. The van der Waals surface area contributed by atoms with E-state index in [1.165, 1.54) is 0 Å². The number of pyridine rings is 1. The van der Waals surface area contributed by atoms with Gasteiger partial charge in [0.1, 0.15) is 18.2 Å². The van der Waals surface area contributed by atoms with E-state index in [0.717, 1.165) is 30.7 Å². The number of benzene rings is 1. The van der Waals surface area contributed by atoms with Crippen molar-refractivity contribution in [2.75, 3.05) is 13.2 Å². The van der Waals surface area contributed by atoms with Crippen LogP contribution in [0.2, 0.25) is 0 Å². The van der Waals surface area contributed by atoms with Gasteiger partial charge in [-0.25, -0.2) is 8.42 Å². The number of hydrogen-bond donors (Lipinski definition) is 1. The van der Waals surface area contributed by atoms with Crippen molar-refractivity contribution < 1.29 is 17.9 Å². The number of amides is 1. The van der Waals surface area contributed by atoms with Gasteiger partial charge < -0.3 is 15.4 Å². The number of nitrogens with zero attached hydrogens (tertiary/aromatic N) is 3. The molecule has 8 nitrogen and oxygen atoms in total. The van der Waals surface area contributed by atoms with Gasteiger partial charge in [0.25, 0.3) is 15.9 Å². The molecule has 1 aromatic heterocycles. The Balaban J connectivity index is 1.55. The molecule has 1 atom stereocenters. The number of sulfonamides is 1. The standard InChI is InChI=1S/C22H26N4O4S/c1-14-10-17(11-15(2)24-14)22(27)26-9-4-3-7-18(26)12-30-19-8-5-6-16-13-31(28,29)25-21(23)20(16)19/h5-6,8,10-11,18H,3-4,7,9,12-13H2,1-2H3,(H2,23,25)/t18-/m1/s1. The average Bonchev–Trinajstić information content (AvgIpc) is 2.70. The number of fused-ring (bicyclic) bond motifs is 1. The summed E-state index contributed by atoms with van der Waals surface area (Å²) < 4.78 is 33.5. The summed E-state index contributed by atoms with van der Waals surface area (Å²) in [6.45, 7) is 4.73. The van der Waals surface area contributed by atoms with E-state index >= 15 is 0 Å². The SMILES string of the molecule is Cc1cc(C(=O)N2CCCC[C@@H]2COc2cccc3c2C(N)=NS(=O)(=O)C3)cc(C)n1. The first-order valence-corrected chi connectivity index (χ1v) is 11.9. The zero-order valence-corrected chi connectivity index (χ0v) is 18.5. The molecule has 1 saturated heterocycles. The summed E-state index contributed by atoms with van der Waals surface area (Å²) >= 11 is 0. The van der Waals surface area contributed by atoms with Gasteiger partial charge in [0.05, 0.1) is 17.4 Å². The monoisotopic (exact) mass is 442 g/mol. The van der Waals surface area contributed by atoms with Gasteiger partial charge in [0.2, 0.25) is 0 Å². The Morgan fingerprint density at radius 2 is 1.97 bits per heavy atom. The predicted octanol–water partition coefficient (Wildman–Crippen LogP) is 2.32. The minimum atomic E-state index is -3.61. The topological polar surface area (TPSA) is 115 Å². The summed E-state index contributed by atoms with van der Waals surface area (Å²) in [5.74, 6) is 0.206. The summed E-state index contributed by atoms with van der Waals surface area (Å²) in [4.78, 5) is 19.4. The fraction of sp³-hybridized carbons (Fsp3) is 0.409. The summed E-state index contributed by atoms with van der Waals surface area (Å²) in [6.07, 6.45) is 2.80. The van der Waals surface area contributed by atoms with E-state index in [9.17, 15) is 13.2 Å². The van der Waals surface area contributed by atoms with Crippen LogP contribution in [-0.4, -0.2) is 49.2 Å². The lowest BCUT2D eigenvalue weighted by Crippen LogP contribution is -2.46. The molecule has 0 spiro atoms. The first-order valence-electron chi connectivity index (χ1n) is 10.3. The van der Waals surface area contributed by atoms with Crippen molar-refractivity contribution in [3.8, 4) is 5.75 Å². The van der Waals surface area contributed by atoms with Crippen molar-refractivity contribution in [1.29, 1.82) is 0 Å². The van der Waals surface area contributed by atoms with Crippen LogP contribution in [0.5, 0.6) is 5.75 Å². The first-order chi connectivity index (χ1) is 14.7. The van der Waals surface area contributed by atoms with Crippen LogP contribution in [0.3, 0.4) is 0 Å². The van der Waals surface area contributed by atoms with Crippen LogP contribution in [0.25, 0.3) is 0 Å². The zero-order valence-electron chi connectivity index (χ0n) is 17.7. The Morgan fingerprint density at radius 1 is 1.23 bits per heavy atom. The highest BCUT2D eigenvalue weighted by molar-refractivity contribution is 7.89. The Kier molecular flexibility index (Phi) is 5.70. The normalized spacial score (nSPS) is 20.0. The molecule has 0 radical (unpaired) electrons. The molecule has 9 heteroatoms. The molecule has 0 unspecified atom stereocenters. The van der Waals surface area contributed by atoms with E-state index in [1.54, 1.807) is 18.2 Å². The fourth-order valence-corrected chi connectivity index (χ4v) is 5.37. The highest BCUT2D eigenvalue weighted by atomic mass is 32.2. The Bertz CT molecular complexity index is 1140. The second kappa shape index (κ2) is 8.30. The number of rotatable bonds is 4. The van der Waals surface area contributed by atoms with Crippen LogP contribution in [0, 0.1) is 13.8 Å². The fourth-order valence-electron chi connectivity index (χ4n) is 4.28. The van der Waals surface area contributed by atoms with Gasteiger partial charge in [-0.1, -0.05) is 12.1 Å². The van der Waals surface area contributed by atoms with Crippen molar-refractivity contribution in [2.24, 2.45) is 10.1 Å². The lowest BCUT2D eigenvalue weighted by molar-refractivity contribution is 0.0528. The van der Waals surface area contributed by atoms with E-state index in [1.807, 2.05) is 30.9 Å². The second-order valence-corrected chi connectivity index (χ2v) is 9.73. The van der Waals surface area contributed by atoms with Crippen molar-refractivity contribution in [2.45, 2.75) is 44.9 Å². The molecule has 2 N–H and O–H groups in total. The van der Waals surface area contributed by atoms with Crippen molar-refractivity contribution in [3.05, 3.63) is 58.4 Å². The second-order valence-electron chi connectivity index (χ2n) is 8.09. The molecular formula is C22H26N4O4S. The third kappa shape index (κ3) is 4.56. The number of nitrogens with two attached hydrogens (primary N) is 1. The molecule has 2 aromatic rings. The van der Waals surface area contributed by atoms with Crippen LogP contribution in [0.1, 0.15) is 52.1 Å². The van der Waals surface area contributed by atoms with Crippen LogP contribution < -0.4 is 10.5 Å². The summed E-state index contributed by atoms with van der Waals surface area (Å²) in [5.41, 5.74) is 9.29. The smallest absolute Gasteiger partial charge is 0.259 e. The maximum absolute atomic E-state index is 13.2. The van der Waals surface area contributed by atoms with Crippen LogP contribution in [-0.2, 0) is 15.8 Å². The minimum Gasteiger partial charge on any atom is -0.491 e. The molecule has 1 amide bonds. The largest absolute Gasteiger partial charge is 0.491 e. The molecule has 2 aliphatic heterocycles. The third-order valence-corrected chi connectivity index (χ3v) is 6.74. The van der Waals surface area contributed by atoms with Gasteiger partial charge in [-0.2, -0.15) is 0 Å². The van der Waals surface area contributed by atoms with Crippen molar-refractivity contribution in [3.63, 3.8) is 0 Å². The molecule has 1 fully saturated rings. The number of carbonyl (C=O) groups is 1. The quantitative estimate of drug-likeness (QED) is 0.777. The van der Waals surface area contributed by atoms with Gasteiger partial charge in [0, 0.05) is 23.5 Å². The van der Waals surface area contributed by atoms with Gasteiger partial charge >= 0.3 is 0 Å². The molecule has 3 heterocycles. The minimum absolute atomic E-state index is 0.0239. The number of aromatic nitrogens is 1. The number of amidine groups is 1. The molecular weight excluding hydrogens is 416 g/mol. The third-order valence-electron chi connectivity index (χ3n) is 5.59. The number of ether oxygens (including phenoxy) is 1. The van der Waals surface area contributed by atoms with Gasteiger partial charge in [-0.3, -0.25) is 9.78 Å². The summed E-state index contributed by atoms with van der Waals surface area (Å²) in [5, 5.41) is 0. The molecule has 31 heavy (non-hydrogen) atoms. The number of likely N-dealkylation sites (tertiary alicyclic amines) is 1. The number of hydrogen-bond acceptors (Lipinski definition) is 6. The predicted molar refractivity (Wildman–Crippen MR) is 118 cm³/mol. The molecule has 164 valence electrons. The van der Waals surface area contributed by atoms with Gasteiger partial charge in [-0.05, 0) is 56.9 Å². The summed E-state index contributed by atoms with van der Waals surface area (Å²) in [6, 6.07) is 8.75. The van der Waals surface area contributed by atoms with Gasteiger partial charge in [-0.15, -0.1) is 4.40 Å². The zero-order chi connectivity index (χ0) is 22.2.